The number of fused-ring (bicyclic) bond motifs is 1. The second-order valence-electron chi connectivity index (χ2n) is 6.82. The summed E-state index contributed by atoms with van der Waals surface area (Å²) in [5.74, 6) is 1.49. The Morgan fingerprint density at radius 3 is 2.65 bits per heavy atom. The molecule has 31 heavy (non-hydrogen) atoms. The molecular weight excluding hydrogens is 391 g/mol. The average molecular weight is 406 g/mol. The van der Waals surface area contributed by atoms with E-state index in [2.05, 4.69) is 30.2 Å². The summed E-state index contributed by atoms with van der Waals surface area (Å²) in [6, 6.07) is 14.9. The Balaban J connectivity index is 1.43. The highest BCUT2D eigenvalue weighted by molar-refractivity contribution is 6.31. The predicted molar refractivity (Wildman–Crippen MR) is 116 cm³/mol. The van der Waals surface area contributed by atoms with Crippen molar-refractivity contribution < 1.29 is 4.74 Å². The first-order valence-electron chi connectivity index (χ1n) is 9.40. The average Bonchev–Trinajstić information content (AvgIpc) is 3.16. The Bertz CT molecular complexity index is 1370. The van der Waals surface area contributed by atoms with E-state index in [9.17, 15) is 0 Å². The molecule has 0 atom stereocenters. The molecule has 0 aliphatic rings. The van der Waals surface area contributed by atoms with Crippen molar-refractivity contribution in [3.63, 3.8) is 0 Å². The van der Waals surface area contributed by atoms with Crippen molar-refractivity contribution in [3.05, 3.63) is 72.7 Å². The first kappa shape index (κ1) is 18.7. The zero-order valence-corrected chi connectivity index (χ0v) is 16.3. The van der Waals surface area contributed by atoms with Gasteiger partial charge in [0.2, 0.25) is 17.2 Å². The van der Waals surface area contributed by atoms with E-state index >= 15 is 0 Å². The van der Waals surface area contributed by atoms with Gasteiger partial charge in [-0.2, -0.15) is 4.98 Å². The summed E-state index contributed by atoms with van der Waals surface area (Å²) in [6.45, 7) is 0.440. The van der Waals surface area contributed by atoms with Crippen molar-refractivity contribution in [2.75, 3.05) is 5.73 Å². The number of hydrogen-bond donors (Lipinski definition) is 1. The number of anilines is 1. The van der Waals surface area contributed by atoms with E-state index in [1.165, 1.54) is 6.20 Å². The normalized spacial score (nSPS) is 11.0. The van der Waals surface area contributed by atoms with Crippen LogP contribution in [0.4, 0.5) is 5.69 Å². The monoisotopic (exact) mass is 406 g/mol. The van der Waals surface area contributed by atoms with Gasteiger partial charge in [0.15, 0.2) is 5.82 Å². The molecule has 5 aromatic rings. The van der Waals surface area contributed by atoms with E-state index in [1.807, 2.05) is 24.3 Å². The summed E-state index contributed by atoms with van der Waals surface area (Å²) < 4.78 is 7.44. The van der Waals surface area contributed by atoms with Crippen LogP contribution >= 0.6 is 0 Å². The van der Waals surface area contributed by atoms with Crippen molar-refractivity contribution in [1.29, 1.82) is 0 Å². The van der Waals surface area contributed by atoms with Gasteiger partial charge in [0, 0.05) is 29.7 Å². The molecule has 0 unspecified atom stereocenters. The van der Waals surface area contributed by atoms with E-state index < -0.39 is 0 Å². The quantitative estimate of drug-likeness (QED) is 0.347. The number of rotatable bonds is 5. The Hall–Kier alpha value is -4.34. The van der Waals surface area contributed by atoms with Gasteiger partial charge in [-0.1, -0.05) is 34.9 Å². The Labute approximate surface area is 178 Å². The summed E-state index contributed by atoms with van der Waals surface area (Å²) in [4.78, 5) is 17.4. The molecule has 0 aliphatic carbocycles. The molecule has 3 aromatic heterocycles. The number of nitrogen functional groups attached to an aromatic ring is 1. The summed E-state index contributed by atoms with van der Waals surface area (Å²) in [5.41, 5.74) is 9.71. The topological polar surface area (TPSA) is 118 Å². The molecule has 0 aliphatic heterocycles. The highest BCUT2D eigenvalue weighted by Gasteiger charge is 2.11. The summed E-state index contributed by atoms with van der Waals surface area (Å²) in [7, 11) is 5.67. The smallest absolute Gasteiger partial charge is 0.240 e. The van der Waals surface area contributed by atoms with Crippen LogP contribution in [-0.2, 0) is 6.54 Å². The molecule has 2 aromatic carbocycles. The van der Waals surface area contributed by atoms with Crippen LogP contribution in [0.5, 0.6) is 11.6 Å². The maximum atomic E-state index is 5.80. The molecule has 2 radical (unpaired) electrons. The number of nitrogens with zero attached hydrogens (tertiary/aromatic N) is 7. The third kappa shape index (κ3) is 4.04. The van der Waals surface area contributed by atoms with Gasteiger partial charge in [-0.3, -0.25) is 0 Å². The fourth-order valence-electron chi connectivity index (χ4n) is 3.06. The van der Waals surface area contributed by atoms with Crippen LogP contribution in [0.2, 0.25) is 0 Å². The van der Waals surface area contributed by atoms with Gasteiger partial charge >= 0.3 is 0 Å². The maximum absolute atomic E-state index is 5.80. The second kappa shape index (κ2) is 7.83. The number of aromatic nitrogens is 7. The van der Waals surface area contributed by atoms with Crippen molar-refractivity contribution in [2.45, 2.75) is 6.54 Å². The van der Waals surface area contributed by atoms with Gasteiger partial charge in [-0.15, -0.1) is 5.10 Å². The lowest BCUT2D eigenvalue weighted by molar-refractivity contribution is 0.461. The van der Waals surface area contributed by atoms with Crippen LogP contribution < -0.4 is 15.9 Å². The molecule has 2 N–H and O–H groups in total. The lowest BCUT2D eigenvalue weighted by atomic mass is 10.0. The molecule has 0 amide bonds. The van der Waals surface area contributed by atoms with E-state index in [4.69, 9.17) is 18.3 Å². The van der Waals surface area contributed by atoms with Crippen molar-refractivity contribution in [1.82, 2.24) is 34.9 Å². The lowest BCUT2D eigenvalue weighted by Crippen LogP contribution is -2.06. The molecule has 10 heteroatoms. The fourth-order valence-corrected chi connectivity index (χ4v) is 3.06. The lowest BCUT2D eigenvalue weighted by Gasteiger charge is -2.07. The molecule has 5 rings (SSSR count). The molecule has 3 heterocycles. The number of hydrogen-bond acceptors (Lipinski definition) is 8. The minimum absolute atomic E-state index is 0.325. The molecule has 0 saturated heterocycles. The number of nitrogens with two attached hydrogens (primary N) is 1. The van der Waals surface area contributed by atoms with E-state index in [-0.39, 0.29) is 0 Å². The minimum Gasteiger partial charge on any atom is -0.437 e. The molecule has 148 valence electrons. The van der Waals surface area contributed by atoms with Gasteiger partial charge in [-0.25, -0.2) is 19.6 Å². The predicted octanol–water partition coefficient (Wildman–Crippen LogP) is 1.89. The summed E-state index contributed by atoms with van der Waals surface area (Å²) >= 11 is 0. The van der Waals surface area contributed by atoms with E-state index in [0.29, 0.717) is 46.4 Å². The van der Waals surface area contributed by atoms with Crippen molar-refractivity contribution in [2.24, 2.45) is 0 Å². The number of benzene rings is 2. The van der Waals surface area contributed by atoms with Crippen LogP contribution in [0, 0.1) is 0 Å². The van der Waals surface area contributed by atoms with Crippen LogP contribution in [0.3, 0.4) is 0 Å². The summed E-state index contributed by atoms with van der Waals surface area (Å²) in [5, 5.41) is 8.28. The molecule has 0 bridgehead atoms. The molecule has 9 nitrogen and oxygen atoms in total. The van der Waals surface area contributed by atoms with Gasteiger partial charge in [0.05, 0.1) is 12.7 Å². The Kier molecular flexibility index (Phi) is 4.72. The summed E-state index contributed by atoms with van der Waals surface area (Å²) in [6.07, 6.45) is 4.67. The second-order valence-corrected chi connectivity index (χ2v) is 6.82. The first-order chi connectivity index (χ1) is 15.1. The largest absolute Gasteiger partial charge is 0.437 e. The molecular formula is C21H15BN8O. The van der Waals surface area contributed by atoms with E-state index in [1.54, 1.807) is 41.3 Å². The van der Waals surface area contributed by atoms with Gasteiger partial charge < -0.3 is 10.5 Å². The van der Waals surface area contributed by atoms with Crippen LogP contribution in [0.1, 0.15) is 5.56 Å². The minimum atomic E-state index is 0.325. The van der Waals surface area contributed by atoms with Gasteiger partial charge in [0.25, 0.3) is 0 Å². The van der Waals surface area contributed by atoms with Crippen LogP contribution in [0.25, 0.3) is 22.7 Å². The Morgan fingerprint density at radius 2 is 1.81 bits per heavy atom. The highest BCUT2D eigenvalue weighted by atomic mass is 16.5. The third-order valence-corrected chi connectivity index (χ3v) is 4.48. The Morgan fingerprint density at radius 1 is 0.968 bits per heavy atom. The molecule has 0 fully saturated rings. The van der Waals surface area contributed by atoms with Crippen molar-refractivity contribution >= 4 is 30.3 Å². The standard InChI is InChI=1S/C21H15BN8O/c22-15-9-24-19(25-10-15)14-4-1-3-13(7-14)12-30-21-20(28-29-30)26-11-18(27-21)31-17-6-2-5-16(23)8-17/h1-11H,12,23H2. The fraction of sp³-hybridized carbons (Fsp3) is 0.0476. The first-order valence-corrected chi connectivity index (χ1v) is 9.40. The molecule has 0 saturated carbocycles. The maximum Gasteiger partial charge on any atom is 0.240 e. The SMILES string of the molecule is [B]c1cnc(-c2cccc(Cn3nnc4ncc(Oc5cccc(N)c5)nc43)c2)nc1. The molecule has 0 spiro atoms. The van der Waals surface area contributed by atoms with E-state index in [0.717, 1.165) is 11.1 Å². The van der Waals surface area contributed by atoms with Crippen LogP contribution in [-0.4, -0.2) is 42.8 Å². The highest BCUT2D eigenvalue weighted by Crippen LogP contribution is 2.22. The third-order valence-electron chi connectivity index (χ3n) is 4.48. The zero-order valence-electron chi connectivity index (χ0n) is 16.3. The van der Waals surface area contributed by atoms with Crippen LogP contribution in [0.15, 0.2) is 67.1 Å². The van der Waals surface area contributed by atoms with Gasteiger partial charge in [0.1, 0.15) is 13.6 Å². The van der Waals surface area contributed by atoms with Gasteiger partial charge in [-0.05, 0) is 23.8 Å². The van der Waals surface area contributed by atoms with Crippen molar-refractivity contribution in [3.8, 4) is 23.0 Å². The number of ether oxygens (including phenoxy) is 1. The zero-order chi connectivity index (χ0) is 21.2.